The van der Waals surface area contributed by atoms with Crippen LogP contribution in [0.1, 0.15) is 87.8 Å². The minimum atomic E-state index is -0.454. The van der Waals surface area contributed by atoms with Crippen molar-refractivity contribution in [2.75, 3.05) is 20.0 Å². The van der Waals surface area contributed by atoms with Crippen molar-refractivity contribution in [3.8, 4) is 11.5 Å². The summed E-state index contributed by atoms with van der Waals surface area (Å²) in [7, 11) is 0. The van der Waals surface area contributed by atoms with Crippen LogP contribution in [-0.2, 0) is 42.7 Å². The third-order valence-corrected chi connectivity index (χ3v) is 6.11. The molecule has 39 heavy (non-hydrogen) atoms. The third kappa shape index (κ3) is 11.3. The van der Waals surface area contributed by atoms with Gasteiger partial charge in [-0.3, -0.25) is 9.59 Å². The first-order valence-electron chi connectivity index (χ1n) is 13.2. The monoisotopic (exact) mass is 546 g/mol. The molecule has 0 radical (unpaired) electrons. The first-order chi connectivity index (χ1) is 18.0. The zero-order valence-corrected chi connectivity index (χ0v) is 24.7. The number of phenolic OH excluding ortho intramolecular Hbond substituents is 2. The molecule has 218 valence electrons. The Labute approximate surface area is 232 Å². The van der Waals surface area contributed by atoms with Crippen LogP contribution >= 0.6 is 0 Å². The van der Waals surface area contributed by atoms with Gasteiger partial charge < -0.3 is 29.9 Å². The average Bonchev–Trinajstić information content (AvgIpc) is 2.83. The van der Waals surface area contributed by atoms with Crippen LogP contribution in [-0.4, -0.2) is 52.4 Å². The molecule has 0 saturated carbocycles. The number of carbonyl (C=O) groups is 2. The van der Waals surface area contributed by atoms with Crippen LogP contribution in [0.3, 0.4) is 0 Å². The molecular formula is C31H46O8. The molecule has 8 heteroatoms. The molecule has 0 aliphatic carbocycles. The Hall–Kier alpha value is -3.10. The summed E-state index contributed by atoms with van der Waals surface area (Å²) in [6.45, 7) is 15.2. The topological polar surface area (TPSA) is 134 Å². The highest BCUT2D eigenvalue weighted by Gasteiger charge is 2.21. The second-order valence-electron chi connectivity index (χ2n) is 11.7. The lowest BCUT2D eigenvalue weighted by Crippen LogP contribution is -2.15. The van der Waals surface area contributed by atoms with Gasteiger partial charge in [0, 0.05) is 12.8 Å². The molecule has 0 unspecified atom stereocenters. The molecule has 0 heterocycles. The maximum Gasteiger partial charge on any atom is 0.308 e. The Balaban J connectivity index is 0.00000177. The number of hydrogen-bond donors (Lipinski definition) is 4. The van der Waals surface area contributed by atoms with Crippen LogP contribution in [0.15, 0.2) is 24.3 Å². The van der Waals surface area contributed by atoms with E-state index in [4.69, 9.17) is 19.7 Å². The largest absolute Gasteiger partial charge is 0.507 e. The molecule has 2 rings (SSSR count). The van der Waals surface area contributed by atoms with Gasteiger partial charge in [0.15, 0.2) is 0 Å². The van der Waals surface area contributed by atoms with Gasteiger partial charge in [0.25, 0.3) is 0 Å². The summed E-state index contributed by atoms with van der Waals surface area (Å²) < 4.78 is 10.1. The Morgan fingerprint density at radius 1 is 0.667 bits per heavy atom. The van der Waals surface area contributed by atoms with Crippen molar-refractivity contribution >= 4 is 11.9 Å². The smallest absolute Gasteiger partial charge is 0.308 e. The molecule has 8 nitrogen and oxygen atoms in total. The lowest BCUT2D eigenvalue weighted by molar-refractivity contribution is -0.167. The van der Waals surface area contributed by atoms with Gasteiger partial charge in [-0.1, -0.05) is 65.8 Å². The lowest BCUT2D eigenvalue weighted by Gasteiger charge is -2.22. The summed E-state index contributed by atoms with van der Waals surface area (Å²) in [6.07, 6.45) is 1.22. The van der Waals surface area contributed by atoms with Crippen molar-refractivity contribution in [2.24, 2.45) is 0 Å². The second kappa shape index (κ2) is 14.9. The van der Waals surface area contributed by atoms with Crippen LogP contribution in [0.5, 0.6) is 11.5 Å². The van der Waals surface area contributed by atoms with Gasteiger partial charge in [0.1, 0.15) is 11.5 Å². The quantitative estimate of drug-likeness (QED) is 0.258. The Morgan fingerprint density at radius 3 is 1.28 bits per heavy atom. The fourth-order valence-electron chi connectivity index (χ4n) is 3.94. The number of aromatic hydroxyl groups is 2. The molecule has 4 N–H and O–H groups in total. The molecule has 2 aromatic carbocycles. The number of rotatable bonds is 9. The number of ether oxygens (including phenoxy) is 2. The minimum absolute atomic E-state index is 0.125. The zero-order chi connectivity index (χ0) is 30.0. The van der Waals surface area contributed by atoms with Gasteiger partial charge in [0.05, 0.1) is 13.2 Å². The molecule has 0 saturated heterocycles. The summed E-state index contributed by atoms with van der Waals surface area (Å²) in [6, 6.07) is 7.58. The highest BCUT2D eigenvalue weighted by atomic mass is 16.7. The van der Waals surface area contributed by atoms with E-state index in [2.05, 4.69) is 0 Å². The van der Waals surface area contributed by atoms with Gasteiger partial charge in [0.2, 0.25) is 6.79 Å². The van der Waals surface area contributed by atoms with E-state index in [0.717, 1.165) is 33.4 Å². The van der Waals surface area contributed by atoms with E-state index in [-0.39, 0.29) is 48.4 Å². The molecular weight excluding hydrogens is 500 g/mol. The van der Waals surface area contributed by atoms with Crippen LogP contribution < -0.4 is 0 Å². The predicted molar refractivity (Wildman–Crippen MR) is 151 cm³/mol. The first kappa shape index (κ1) is 33.9. The fraction of sp³-hybridized carbons (Fsp3) is 0.548. The maximum absolute atomic E-state index is 12.1. The third-order valence-electron chi connectivity index (χ3n) is 6.11. The van der Waals surface area contributed by atoms with Crippen LogP contribution in [0.4, 0.5) is 0 Å². The summed E-state index contributed by atoms with van der Waals surface area (Å²) in [5.74, 6) is -0.338. The normalized spacial score (nSPS) is 11.4. The highest BCUT2D eigenvalue weighted by Crippen LogP contribution is 2.35. The molecule has 0 aliphatic rings. The SMILES string of the molecule is Cc1cc(CCC(=O)OCOC(=O)CCc2cc(C)c(O)c(C(C)(C)C)c2)cc(C(C)(C)C)c1O.OCCO. The standard InChI is InChI=1S/C29H40O6.C2H6O2/c1-18-13-20(15-22(26(18)32)28(3,4)5)9-11-24(30)34-17-35-25(31)12-10-21-14-19(2)27(33)23(16-21)29(6,7)8;3-1-2-4/h13-16,32-33H,9-12,17H2,1-8H3;3-4H,1-2H2. The maximum atomic E-state index is 12.1. The van der Waals surface area contributed by atoms with E-state index in [1.807, 2.05) is 79.7 Å². The number of esters is 2. The summed E-state index contributed by atoms with van der Waals surface area (Å²) in [4.78, 5) is 24.3. The molecule has 0 amide bonds. The highest BCUT2D eigenvalue weighted by molar-refractivity contribution is 5.71. The number of hydrogen-bond acceptors (Lipinski definition) is 8. The lowest BCUT2D eigenvalue weighted by atomic mass is 9.83. The molecule has 2 aromatic rings. The fourth-order valence-corrected chi connectivity index (χ4v) is 3.94. The molecule has 0 atom stereocenters. The van der Waals surface area contributed by atoms with E-state index in [0.29, 0.717) is 12.8 Å². The van der Waals surface area contributed by atoms with E-state index in [1.165, 1.54) is 0 Å². The molecule has 0 aromatic heterocycles. The number of aliphatic hydroxyl groups is 2. The van der Waals surface area contributed by atoms with Crippen LogP contribution in [0, 0.1) is 13.8 Å². The van der Waals surface area contributed by atoms with Crippen LogP contribution in [0.25, 0.3) is 0 Å². The van der Waals surface area contributed by atoms with Crippen molar-refractivity contribution in [3.05, 3.63) is 57.6 Å². The second-order valence-corrected chi connectivity index (χ2v) is 11.7. The molecule has 0 spiro atoms. The van der Waals surface area contributed by atoms with E-state index in [9.17, 15) is 19.8 Å². The predicted octanol–water partition coefficient (Wildman–Crippen LogP) is 4.89. The Bertz CT molecular complexity index is 1020. The number of benzene rings is 2. The number of aryl methyl sites for hydroxylation is 4. The van der Waals surface area contributed by atoms with Gasteiger partial charge >= 0.3 is 11.9 Å². The first-order valence-corrected chi connectivity index (χ1v) is 13.2. The number of phenols is 2. The molecule has 0 aliphatic heterocycles. The summed E-state index contributed by atoms with van der Waals surface area (Å²) in [5.41, 5.74) is 4.68. The number of carbonyl (C=O) groups excluding carboxylic acids is 2. The van der Waals surface area contributed by atoms with Gasteiger partial charge in [-0.2, -0.15) is 0 Å². The van der Waals surface area contributed by atoms with Crippen molar-refractivity contribution in [1.82, 2.24) is 0 Å². The Morgan fingerprint density at radius 2 is 1.00 bits per heavy atom. The summed E-state index contributed by atoms with van der Waals surface area (Å²) >= 11 is 0. The van der Waals surface area contributed by atoms with Crippen molar-refractivity contribution in [2.45, 2.75) is 91.9 Å². The minimum Gasteiger partial charge on any atom is -0.507 e. The summed E-state index contributed by atoms with van der Waals surface area (Å²) in [5, 5.41) is 35.9. The average molecular weight is 547 g/mol. The van der Waals surface area contributed by atoms with Crippen molar-refractivity contribution < 1.29 is 39.5 Å². The molecule has 0 fully saturated rings. The van der Waals surface area contributed by atoms with E-state index in [1.54, 1.807) is 0 Å². The van der Waals surface area contributed by atoms with Crippen LogP contribution in [0.2, 0.25) is 0 Å². The Kier molecular flexibility index (Phi) is 13.0. The van der Waals surface area contributed by atoms with E-state index < -0.39 is 18.7 Å². The zero-order valence-electron chi connectivity index (χ0n) is 24.7. The van der Waals surface area contributed by atoms with Gasteiger partial charge in [-0.15, -0.1) is 0 Å². The number of aliphatic hydroxyl groups excluding tert-OH is 2. The van der Waals surface area contributed by atoms with Gasteiger partial charge in [-0.25, -0.2) is 0 Å². The van der Waals surface area contributed by atoms with Gasteiger partial charge in [-0.05, 0) is 70.9 Å². The molecule has 0 bridgehead atoms. The van der Waals surface area contributed by atoms with E-state index >= 15 is 0 Å². The van der Waals surface area contributed by atoms with Crippen molar-refractivity contribution in [1.29, 1.82) is 0 Å². The van der Waals surface area contributed by atoms with Crippen molar-refractivity contribution in [3.63, 3.8) is 0 Å².